The fourth-order valence-electron chi connectivity index (χ4n) is 1.40. The molecule has 2 rings (SSSR count). The standard InChI is InChI=1S/C8H7BrN2O2S/c9-6-3-1-2-5-4-14(12,13)11-8(10)7(5)6/h1-3H,4H2,(H2,10,11). The van der Waals surface area contributed by atoms with Crippen LogP contribution in [0.5, 0.6) is 0 Å². The molecule has 0 saturated heterocycles. The predicted molar refractivity (Wildman–Crippen MR) is 57.5 cm³/mol. The molecule has 0 radical (unpaired) electrons. The van der Waals surface area contributed by atoms with Gasteiger partial charge in [-0.05, 0) is 11.6 Å². The minimum Gasteiger partial charge on any atom is -0.382 e. The second-order valence-electron chi connectivity index (χ2n) is 2.98. The number of hydrogen-bond acceptors (Lipinski definition) is 3. The molecule has 1 heterocycles. The molecule has 74 valence electrons. The Balaban J connectivity index is 2.74. The average Bonchev–Trinajstić information content (AvgIpc) is 2.00. The summed E-state index contributed by atoms with van der Waals surface area (Å²) in [6.45, 7) is 0. The first kappa shape index (κ1) is 9.67. The molecule has 0 fully saturated rings. The van der Waals surface area contributed by atoms with Crippen LogP contribution in [0.3, 0.4) is 0 Å². The zero-order valence-corrected chi connectivity index (χ0v) is 9.47. The zero-order chi connectivity index (χ0) is 10.3. The molecule has 1 aromatic carbocycles. The summed E-state index contributed by atoms with van der Waals surface area (Å²) in [6, 6.07) is 5.31. The number of halogens is 1. The number of sulfonamides is 1. The van der Waals surface area contributed by atoms with E-state index in [1.165, 1.54) is 0 Å². The summed E-state index contributed by atoms with van der Waals surface area (Å²) < 4.78 is 26.7. The van der Waals surface area contributed by atoms with Crippen LogP contribution in [0.4, 0.5) is 0 Å². The molecule has 6 heteroatoms. The van der Waals surface area contributed by atoms with Crippen LogP contribution >= 0.6 is 15.9 Å². The first-order valence-corrected chi connectivity index (χ1v) is 6.26. The van der Waals surface area contributed by atoms with Crippen molar-refractivity contribution in [2.75, 3.05) is 0 Å². The van der Waals surface area contributed by atoms with Crippen LogP contribution < -0.4 is 5.73 Å². The number of fused-ring (bicyclic) bond motifs is 1. The van der Waals surface area contributed by atoms with E-state index in [4.69, 9.17) is 5.73 Å². The van der Waals surface area contributed by atoms with E-state index >= 15 is 0 Å². The van der Waals surface area contributed by atoms with Gasteiger partial charge in [0.15, 0.2) is 0 Å². The largest absolute Gasteiger partial charge is 0.382 e. The van der Waals surface area contributed by atoms with E-state index in [1.54, 1.807) is 18.2 Å². The number of rotatable bonds is 0. The number of nitrogens with two attached hydrogens (primary N) is 1. The van der Waals surface area contributed by atoms with Crippen LogP contribution in [0.2, 0.25) is 0 Å². The second kappa shape index (κ2) is 3.06. The fourth-order valence-corrected chi connectivity index (χ4v) is 3.10. The van der Waals surface area contributed by atoms with Crippen molar-refractivity contribution in [3.63, 3.8) is 0 Å². The molecule has 0 bridgehead atoms. The van der Waals surface area contributed by atoms with Crippen molar-refractivity contribution in [1.29, 1.82) is 0 Å². The second-order valence-corrected chi connectivity index (χ2v) is 5.47. The molecule has 2 N–H and O–H groups in total. The summed E-state index contributed by atoms with van der Waals surface area (Å²) in [4.78, 5) is 0. The van der Waals surface area contributed by atoms with Gasteiger partial charge < -0.3 is 5.73 Å². The van der Waals surface area contributed by atoms with Gasteiger partial charge >= 0.3 is 0 Å². The molecule has 0 saturated carbocycles. The van der Waals surface area contributed by atoms with Gasteiger partial charge in [0.2, 0.25) is 0 Å². The Kier molecular flexibility index (Phi) is 2.11. The maximum absolute atomic E-state index is 11.3. The highest BCUT2D eigenvalue weighted by Crippen LogP contribution is 2.26. The third-order valence-corrected chi connectivity index (χ3v) is 3.74. The van der Waals surface area contributed by atoms with Crippen molar-refractivity contribution in [2.45, 2.75) is 5.75 Å². The predicted octanol–water partition coefficient (Wildman–Crippen LogP) is 0.998. The molecule has 1 aliphatic rings. The van der Waals surface area contributed by atoms with E-state index in [9.17, 15) is 8.42 Å². The number of hydrogen-bond donors (Lipinski definition) is 1. The SMILES string of the molecule is NC1=NS(=O)(=O)Cc2cccc(Br)c21. The van der Waals surface area contributed by atoms with Gasteiger partial charge in [0.05, 0.1) is 5.75 Å². The summed E-state index contributed by atoms with van der Waals surface area (Å²) in [5.41, 5.74) is 6.93. The smallest absolute Gasteiger partial charge is 0.259 e. The lowest BCUT2D eigenvalue weighted by Crippen LogP contribution is -2.24. The van der Waals surface area contributed by atoms with Crippen molar-refractivity contribution < 1.29 is 8.42 Å². The minimum atomic E-state index is -3.42. The average molecular weight is 275 g/mol. The van der Waals surface area contributed by atoms with Crippen molar-refractivity contribution in [3.8, 4) is 0 Å². The molecule has 0 spiro atoms. The first-order chi connectivity index (χ1) is 6.49. The topological polar surface area (TPSA) is 72.5 Å². The Morgan fingerprint density at radius 3 is 2.86 bits per heavy atom. The van der Waals surface area contributed by atoms with E-state index < -0.39 is 10.0 Å². The molecular formula is C8H7BrN2O2S. The molecule has 0 unspecified atom stereocenters. The van der Waals surface area contributed by atoms with E-state index in [-0.39, 0.29) is 11.6 Å². The molecular weight excluding hydrogens is 268 g/mol. The highest BCUT2D eigenvalue weighted by atomic mass is 79.9. The van der Waals surface area contributed by atoms with Gasteiger partial charge in [-0.3, -0.25) is 0 Å². The lowest BCUT2D eigenvalue weighted by atomic mass is 10.1. The van der Waals surface area contributed by atoms with Gasteiger partial charge in [-0.15, -0.1) is 4.40 Å². The van der Waals surface area contributed by atoms with Gasteiger partial charge in [-0.2, -0.15) is 0 Å². The number of nitrogens with zero attached hydrogens (tertiary/aromatic N) is 1. The monoisotopic (exact) mass is 274 g/mol. The Labute approximate surface area is 90.0 Å². The zero-order valence-electron chi connectivity index (χ0n) is 7.07. The molecule has 4 nitrogen and oxygen atoms in total. The van der Waals surface area contributed by atoms with Crippen LogP contribution in [0.15, 0.2) is 27.1 Å². The Bertz CT molecular complexity index is 522. The third-order valence-electron chi connectivity index (χ3n) is 1.93. The van der Waals surface area contributed by atoms with Crippen molar-refractivity contribution in [2.24, 2.45) is 10.1 Å². The van der Waals surface area contributed by atoms with Gasteiger partial charge in [0.25, 0.3) is 10.0 Å². The summed E-state index contributed by atoms with van der Waals surface area (Å²) in [6.07, 6.45) is 0. The van der Waals surface area contributed by atoms with E-state index in [0.717, 1.165) is 4.47 Å². The molecule has 1 aromatic rings. The van der Waals surface area contributed by atoms with Crippen LogP contribution in [0.25, 0.3) is 0 Å². The Hall–Kier alpha value is -0.880. The van der Waals surface area contributed by atoms with Crippen molar-refractivity contribution >= 4 is 31.8 Å². The normalized spacial score (nSPS) is 18.5. The number of amidine groups is 1. The van der Waals surface area contributed by atoms with Crippen LogP contribution in [0.1, 0.15) is 11.1 Å². The van der Waals surface area contributed by atoms with Gasteiger partial charge in [-0.25, -0.2) is 8.42 Å². The summed E-state index contributed by atoms with van der Waals surface area (Å²) >= 11 is 3.30. The van der Waals surface area contributed by atoms with Gasteiger partial charge in [0.1, 0.15) is 5.84 Å². The highest BCUT2D eigenvalue weighted by Gasteiger charge is 2.23. The molecule has 0 atom stereocenters. The quantitative estimate of drug-likeness (QED) is 0.767. The highest BCUT2D eigenvalue weighted by molar-refractivity contribution is 9.10. The van der Waals surface area contributed by atoms with Crippen molar-refractivity contribution in [1.82, 2.24) is 0 Å². The molecule has 0 aliphatic carbocycles. The van der Waals surface area contributed by atoms with Crippen LogP contribution in [-0.4, -0.2) is 14.3 Å². The minimum absolute atomic E-state index is 0.0544. The molecule has 0 amide bonds. The lowest BCUT2D eigenvalue weighted by Gasteiger charge is -2.14. The Morgan fingerprint density at radius 1 is 1.43 bits per heavy atom. The van der Waals surface area contributed by atoms with Crippen LogP contribution in [-0.2, 0) is 15.8 Å². The molecule has 1 aliphatic heterocycles. The summed E-state index contributed by atoms with van der Waals surface area (Å²) in [7, 11) is -3.42. The van der Waals surface area contributed by atoms with Gasteiger partial charge in [-0.1, -0.05) is 28.1 Å². The van der Waals surface area contributed by atoms with Gasteiger partial charge in [0, 0.05) is 10.0 Å². The summed E-state index contributed by atoms with van der Waals surface area (Å²) in [5, 5.41) is 0. The molecule has 14 heavy (non-hydrogen) atoms. The third kappa shape index (κ3) is 1.55. The van der Waals surface area contributed by atoms with E-state index in [2.05, 4.69) is 20.3 Å². The van der Waals surface area contributed by atoms with E-state index in [1.807, 2.05) is 0 Å². The number of benzene rings is 1. The lowest BCUT2D eigenvalue weighted by molar-refractivity contribution is 0.596. The summed E-state index contributed by atoms with van der Waals surface area (Å²) in [5.74, 6) is -0.0265. The Morgan fingerprint density at radius 2 is 2.14 bits per heavy atom. The maximum atomic E-state index is 11.3. The maximum Gasteiger partial charge on any atom is 0.259 e. The van der Waals surface area contributed by atoms with E-state index in [0.29, 0.717) is 11.1 Å². The first-order valence-electron chi connectivity index (χ1n) is 3.85. The van der Waals surface area contributed by atoms with Crippen molar-refractivity contribution in [3.05, 3.63) is 33.8 Å². The van der Waals surface area contributed by atoms with Crippen LogP contribution in [0, 0.1) is 0 Å². The molecule has 0 aromatic heterocycles. The fraction of sp³-hybridized carbons (Fsp3) is 0.125.